The maximum Gasteiger partial charge on any atom is 0.222 e. The minimum atomic E-state index is -1.02. The Morgan fingerprint density at radius 3 is 2.47 bits per heavy atom. The number of carbonyl (C=O) groups is 1. The Morgan fingerprint density at radius 1 is 1.08 bits per heavy atom. The molecule has 10 heteroatoms. The molecule has 1 saturated heterocycles. The van der Waals surface area contributed by atoms with Gasteiger partial charge < -0.3 is 15.2 Å². The molecular weight excluding hydrogens is 493 g/mol. The van der Waals surface area contributed by atoms with Crippen molar-refractivity contribution in [1.82, 2.24) is 24.8 Å². The van der Waals surface area contributed by atoms with Crippen molar-refractivity contribution >= 4 is 12.1 Å². The molecule has 2 N–H and O–H groups in total. The average molecular weight is 529 g/mol. The number of imidazole rings is 1. The largest absolute Gasteiger partial charge is 0.378 e. The minimum absolute atomic E-state index is 0.222. The molecule has 0 radical (unpaired) electrons. The van der Waals surface area contributed by atoms with Crippen molar-refractivity contribution in [3.63, 3.8) is 0 Å². The second-order valence-corrected chi connectivity index (χ2v) is 10.3. The summed E-state index contributed by atoms with van der Waals surface area (Å²) in [6.45, 7) is 8.80. The lowest BCUT2D eigenvalue weighted by Crippen LogP contribution is -2.50. The predicted molar refractivity (Wildman–Crippen MR) is 142 cm³/mol. The summed E-state index contributed by atoms with van der Waals surface area (Å²) in [5.74, 6) is -0.926. The molecule has 204 valence electrons. The molecule has 5 rings (SSSR count). The van der Waals surface area contributed by atoms with Gasteiger partial charge in [-0.25, -0.2) is 18.7 Å². The second-order valence-electron chi connectivity index (χ2n) is 10.3. The van der Waals surface area contributed by atoms with E-state index < -0.39 is 12.1 Å². The molecule has 1 saturated carbocycles. The number of piperidine rings is 1. The SMILES string of the molecule is Cc1cc(-n2cnc(-c3cc(NC4CCN(C(C)C)CC4F)cnc3F)c2)c(C)cc1F.O=CNC1CC1. The molecule has 2 unspecified atom stereocenters. The first-order chi connectivity index (χ1) is 18.2. The summed E-state index contributed by atoms with van der Waals surface area (Å²) in [5.41, 5.74) is 3.20. The number of rotatable bonds is 7. The van der Waals surface area contributed by atoms with Crippen LogP contribution in [0, 0.1) is 25.6 Å². The lowest BCUT2D eigenvalue weighted by atomic mass is 10.0. The van der Waals surface area contributed by atoms with Crippen molar-refractivity contribution in [2.24, 2.45) is 0 Å². The normalized spacial score (nSPS) is 19.6. The van der Waals surface area contributed by atoms with Gasteiger partial charge in [0, 0.05) is 37.1 Å². The predicted octanol–water partition coefficient (Wildman–Crippen LogP) is 4.96. The van der Waals surface area contributed by atoms with E-state index in [1.165, 1.54) is 25.1 Å². The number of nitrogens with zero attached hydrogens (tertiary/aromatic N) is 4. The molecule has 2 aromatic heterocycles. The smallest absolute Gasteiger partial charge is 0.222 e. The Morgan fingerprint density at radius 2 is 1.84 bits per heavy atom. The van der Waals surface area contributed by atoms with Crippen LogP contribution in [0.2, 0.25) is 0 Å². The van der Waals surface area contributed by atoms with Gasteiger partial charge >= 0.3 is 0 Å². The fraction of sp³-hybridized carbons (Fsp3) is 0.464. The molecule has 3 heterocycles. The standard InChI is InChI=1S/C24H28F3N5.C4H7NO/c1-14(2)31-6-5-21(20(26)11-31)30-17-9-18(24(27)28-10-17)22-12-32(13-29-22)23-8-15(3)19(25)7-16(23)4;6-3-5-4-1-2-4/h7-10,12-14,20-21,30H,5-6,11H2,1-4H3;3-4H,1-2H2,(H,5,6). The van der Waals surface area contributed by atoms with Crippen molar-refractivity contribution in [2.75, 3.05) is 18.4 Å². The Kier molecular flexibility index (Phi) is 8.71. The summed E-state index contributed by atoms with van der Waals surface area (Å²) in [6.07, 6.45) is 7.38. The summed E-state index contributed by atoms with van der Waals surface area (Å²) >= 11 is 0. The summed E-state index contributed by atoms with van der Waals surface area (Å²) in [7, 11) is 0. The summed E-state index contributed by atoms with van der Waals surface area (Å²) in [5, 5.41) is 5.82. The highest BCUT2D eigenvalue weighted by molar-refractivity contribution is 5.64. The number of hydrogen-bond donors (Lipinski definition) is 2. The highest BCUT2D eigenvalue weighted by atomic mass is 19.1. The van der Waals surface area contributed by atoms with Gasteiger partial charge in [-0.1, -0.05) is 0 Å². The molecular formula is C28H35F3N6O. The van der Waals surface area contributed by atoms with Gasteiger partial charge in [0.1, 0.15) is 12.0 Å². The fourth-order valence-corrected chi connectivity index (χ4v) is 4.46. The number of nitrogens with one attached hydrogen (secondary N) is 2. The molecule has 1 aliphatic carbocycles. The van der Waals surface area contributed by atoms with E-state index >= 15 is 0 Å². The topological polar surface area (TPSA) is 75.1 Å². The molecule has 38 heavy (non-hydrogen) atoms. The van der Waals surface area contributed by atoms with Crippen LogP contribution in [0.15, 0.2) is 36.9 Å². The van der Waals surface area contributed by atoms with Crippen molar-refractivity contribution in [1.29, 1.82) is 0 Å². The van der Waals surface area contributed by atoms with Gasteiger partial charge in [-0.15, -0.1) is 0 Å². The van der Waals surface area contributed by atoms with E-state index in [0.29, 0.717) is 42.0 Å². The van der Waals surface area contributed by atoms with Crippen LogP contribution in [0.25, 0.3) is 16.9 Å². The summed E-state index contributed by atoms with van der Waals surface area (Å²) < 4.78 is 44.8. The molecule has 0 bridgehead atoms. The van der Waals surface area contributed by atoms with E-state index in [1.54, 1.807) is 36.1 Å². The number of halogens is 3. The molecule has 2 aliphatic rings. The molecule has 1 aliphatic heterocycles. The number of carbonyl (C=O) groups excluding carboxylic acids is 1. The number of aromatic nitrogens is 3. The highest BCUT2D eigenvalue weighted by Gasteiger charge is 2.30. The summed E-state index contributed by atoms with van der Waals surface area (Å²) in [6, 6.07) is 5.29. The minimum Gasteiger partial charge on any atom is -0.378 e. The number of pyridine rings is 1. The molecule has 7 nitrogen and oxygen atoms in total. The Bertz CT molecular complexity index is 1260. The number of alkyl halides is 1. The van der Waals surface area contributed by atoms with Gasteiger partial charge in [-0.3, -0.25) is 9.69 Å². The Balaban J connectivity index is 0.000000494. The van der Waals surface area contributed by atoms with E-state index in [4.69, 9.17) is 0 Å². The van der Waals surface area contributed by atoms with Crippen LogP contribution in [0.3, 0.4) is 0 Å². The average Bonchev–Trinajstić information content (AvgIpc) is 3.57. The van der Waals surface area contributed by atoms with Crippen molar-refractivity contribution < 1.29 is 18.0 Å². The van der Waals surface area contributed by atoms with Gasteiger partial charge in [-0.05, 0) is 76.3 Å². The van der Waals surface area contributed by atoms with Crippen molar-refractivity contribution in [3.05, 3.63) is 59.8 Å². The number of likely N-dealkylation sites (tertiary alicyclic amines) is 1. The van der Waals surface area contributed by atoms with Crippen LogP contribution in [-0.2, 0) is 4.79 Å². The first-order valence-electron chi connectivity index (χ1n) is 13.0. The highest BCUT2D eigenvalue weighted by Crippen LogP contribution is 2.27. The third-order valence-corrected chi connectivity index (χ3v) is 6.99. The number of aryl methyl sites for hydroxylation is 2. The molecule has 2 fully saturated rings. The monoisotopic (exact) mass is 528 g/mol. The first-order valence-corrected chi connectivity index (χ1v) is 13.0. The zero-order valence-corrected chi connectivity index (χ0v) is 22.2. The van der Waals surface area contributed by atoms with Crippen LogP contribution in [0.1, 0.15) is 44.2 Å². The quantitative estimate of drug-likeness (QED) is 0.335. The van der Waals surface area contributed by atoms with Gasteiger partial charge in [0.05, 0.1) is 35.5 Å². The van der Waals surface area contributed by atoms with Crippen molar-refractivity contribution in [2.45, 2.75) is 71.3 Å². The van der Waals surface area contributed by atoms with Crippen LogP contribution in [0.5, 0.6) is 0 Å². The van der Waals surface area contributed by atoms with E-state index in [-0.39, 0.29) is 17.4 Å². The number of hydrogen-bond acceptors (Lipinski definition) is 5. The lowest BCUT2D eigenvalue weighted by Gasteiger charge is -2.37. The van der Waals surface area contributed by atoms with Gasteiger partial charge in [0.2, 0.25) is 12.4 Å². The lowest BCUT2D eigenvalue weighted by molar-refractivity contribution is -0.109. The van der Waals surface area contributed by atoms with E-state index in [0.717, 1.165) is 24.2 Å². The maximum atomic E-state index is 14.7. The summed E-state index contributed by atoms with van der Waals surface area (Å²) in [4.78, 5) is 19.8. The fourth-order valence-electron chi connectivity index (χ4n) is 4.46. The van der Waals surface area contributed by atoms with E-state index in [2.05, 4.69) is 39.3 Å². The van der Waals surface area contributed by atoms with E-state index in [1.807, 2.05) is 6.92 Å². The number of anilines is 1. The van der Waals surface area contributed by atoms with Gasteiger partial charge in [-0.2, -0.15) is 4.39 Å². The van der Waals surface area contributed by atoms with Crippen LogP contribution >= 0.6 is 0 Å². The van der Waals surface area contributed by atoms with Gasteiger partial charge in [0.15, 0.2) is 0 Å². The third-order valence-electron chi connectivity index (χ3n) is 6.99. The maximum absolute atomic E-state index is 14.7. The zero-order chi connectivity index (χ0) is 27.4. The molecule has 3 aromatic rings. The first kappa shape index (κ1) is 27.6. The molecule has 2 atom stereocenters. The number of benzene rings is 1. The van der Waals surface area contributed by atoms with Crippen LogP contribution < -0.4 is 10.6 Å². The number of amides is 1. The third kappa shape index (κ3) is 6.72. The van der Waals surface area contributed by atoms with Crippen LogP contribution in [-0.4, -0.2) is 63.2 Å². The van der Waals surface area contributed by atoms with Crippen LogP contribution in [0.4, 0.5) is 18.9 Å². The Labute approximate surface area is 221 Å². The molecule has 1 aromatic carbocycles. The molecule has 0 spiro atoms. The molecule has 1 amide bonds. The van der Waals surface area contributed by atoms with E-state index in [9.17, 15) is 18.0 Å². The van der Waals surface area contributed by atoms with Gasteiger partial charge in [0.25, 0.3) is 0 Å². The second kappa shape index (κ2) is 12.0. The van der Waals surface area contributed by atoms with Crippen molar-refractivity contribution in [3.8, 4) is 16.9 Å². The zero-order valence-electron chi connectivity index (χ0n) is 22.2. The Hall–Kier alpha value is -3.40.